The average Bonchev–Trinajstić information content (AvgIpc) is 2.91. The van der Waals surface area contributed by atoms with Gasteiger partial charge in [-0.25, -0.2) is 13.4 Å². The minimum atomic E-state index is -3.95. The molecule has 0 spiro atoms. The van der Waals surface area contributed by atoms with Crippen LogP contribution in [0.5, 0.6) is 11.5 Å². The fourth-order valence-corrected chi connectivity index (χ4v) is 4.04. The number of nitrogens with zero attached hydrogens (tertiary/aromatic N) is 1. The van der Waals surface area contributed by atoms with Crippen LogP contribution in [0.3, 0.4) is 0 Å². The smallest absolute Gasteiger partial charge is 0.243 e. The molecule has 0 fully saturated rings. The van der Waals surface area contributed by atoms with Gasteiger partial charge in [-0.3, -0.25) is 4.79 Å². The van der Waals surface area contributed by atoms with Gasteiger partial charge in [0, 0.05) is 18.7 Å². The lowest BCUT2D eigenvalue weighted by molar-refractivity contribution is -0.118. The largest absolute Gasteiger partial charge is 0.490 e. The predicted octanol–water partition coefficient (Wildman–Crippen LogP) is 2.18. The van der Waals surface area contributed by atoms with Crippen LogP contribution in [-0.2, 0) is 14.8 Å². The molecule has 1 aromatic carbocycles. The van der Waals surface area contributed by atoms with Crippen LogP contribution in [-0.4, -0.2) is 38.6 Å². The van der Waals surface area contributed by atoms with E-state index in [1.54, 1.807) is 44.3 Å². The van der Waals surface area contributed by atoms with Crippen molar-refractivity contribution in [1.29, 1.82) is 0 Å². The molecule has 2 heterocycles. The molecule has 1 aliphatic heterocycles. The number of sulfonamides is 1. The molecule has 0 radical (unpaired) electrons. The van der Waals surface area contributed by atoms with E-state index < -0.39 is 22.0 Å². The zero-order valence-corrected chi connectivity index (χ0v) is 16.5. The third-order valence-electron chi connectivity index (χ3n) is 4.18. The van der Waals surface area contributed by atoms with Crippen LogP contribution in [0.4, 0.5) is 5.82 Å². The van der Waals surface area contributed by atoms with Crippen molar-refractivity contribution in [3.05, 3.63) is 42.6 Å². The molecule has 3 rings (SSSR count). The topological polar surface area (TPSA) is 107 Å². The molecule has 1 aromatic heterocycles. The van der Waals surface area contributed by atoms with Gasteiger partial charge in [-0.15, -0.1) is 0 Å². The second-order valence-corrected chi connectivity index (χ2v) is 8.42. The van der Waals surface area contributed by atoms with Gasteiger partial charge in [-0.1, -0.05) is 19.9 Å². The van der Waals surface area contributed by atoms with Crippen molar-refractivity contribution < 1.29 is 22.7 Å². The van der Waals surface area contributed by atoms with Gasteiger partial charge in [-0.2, -0.15) is 4.72 Å². The fourth-order valence-electron chi connectivity index (χ4n) is 2.68. The van der Waals surface area contributed by atoms with Crippen LogP contribution in [0, 0.1) is 5.92 Å². The molecule has 0 bridgehead atoms. The lowest BCUT2D eigenvalue weighted by atomic mass is 10.1. The van der Waals surface area contributed by atoms with E-state index in [2.05, 4.69) is 15.0 Å². The number of carbonyl (C=O) groups excluding carboxylic acids is 1. The van der Waals surface area contributed by atoms with Crippen molar-refractivity contribution in [3.63, 3.8) is 0 Å². The number of pyridine rings is 1. The second-order valence-electron chi connectivity index (χ2n) is 6.71. The standard InChI is InChI=1S/C19H23N3O5S/c1-13(2)18(19(23)21-17-6-3-4-9-20-17)22-28(24,25)14-7-8-15-16(12-14)27-11-5-10-26-15/h3-4,6-9,12-13,18,22H,5,10-11H2,1-2H3,(H,20,21,23). The Bertz CT molecular complexity index is 932. The minimum absolute atomic E-state index is 0.00744. The molecule has 8 nitrogen and oxygen atoms in total. The zero-order chi connectivity index (χ0) is 20.1. The Morgan fingerprint density at radius 3 is 2.54 bits per heavy atom. The number of rotatable bonds is 6. The molecule has 2 N–H and O–H groups in total. The molecule has 28 heavy (non-hydrogen) atoms. The van der Waals surface area contributed by atoms with Gasteiger partial charge in [0.15, 0.2) is 11.5 Å². The van der Waals surface area contributed by atoms with E-state index in [-0.39, 0.29) is 10.8 Å². The molecule has 2 aromatic rings. The number of anilines is 1. The summed E-state index contributed by atoms with van der Waals surface area (Å²) in [6.45, 7) is 4.49. The van der Waals surface area contributed by atoms with Gasteiger partial charge in [0.25, 0.3) is 0 Å². The van der Waals surface area contributed by atoms with Crippen LogP contribution in [0.25, 0.3) is 0 Å². The van der Waals surface area contributed by atoms with Gasteiger partial charge in [0.05, 0.1) is 18.1 Å². The number of amides is 1. The van der Waals surface area contributed by atoms with Gasteiger partial charge in [-0.05, 0) is 30.2 Å². The lowest BCUT2D eigenvalue weighted by Crippen LogP contribution is -2.47. The lowest BCUT2D eigenvalue weighted by Gasteiger charge is -2.21. The molecule has 0 saturated carbocycles. The number of carbonyl (C=O) groups is 1. The first kappa shape index (κ1) is 20.1. The van der Waals surface area contributed by atoms with Gasteiger partial charge in [0.2, 0.25) is 15.9 Å². The Labute approximate surface area is 164 Å². The molecule has 1 unspecified atom stereocenters. The SMILES string of the molecule is CC(C)C(NS(=O)(=O)c1ccc2c(c1)OCCCO2)C(=O)Nc1ccccn1. The number of hydrogen-bond donors (Lipinski definition) is 2. The summed E-state index contributed by atoms with van der Waals surface area (Å²) in [6.07, 6.45) is 2.26. The highest BCUT2D eigenvalue weighted by Crippen LogP contribution is 2.32. The van der Waals surface area contributed by atoms with Crippen LogP contribution in [0.1, 0.15) is 20.3 Å². The summed E-state index contributed by atoms with van der Waals surface area (Å²) in [7, 11) is -3.95. The average molecular weight is 405 g/mol. The van der Waals surface area contributed by atoms with E-state index in [9.17, 15) is 13.2 Å². The van der Waals surface area contributed by atoms with E-state index in [0.29, 0.717) is 30.5 Å². The van der Waals surface area contributed by atoms with Crippen LogP contribution < -0.4 is 19.5 Å². The van der Waals surface area contributed by atoms with Gasteiger partial charge < -0.3 is 14.8 Å². The van der Waals surface area contributed by atoms with Gasteiger partial charge >= 0.3 is 0 Å². The summed E-state index contributed by atoms with van der Waals surface area (Å²) in [6, 6.07) is 8.53. The van der Waals surface area contributed by atoms with Crippen molar-refractivity contribution in [2.45, 2.75) is 31.2 Å². The molecule has 0 saturated heterocycles. The van der Waals surface area contributed by atoms with Crippen LogP contribution in [0.2, 0.25) is 0 Å². The number of fused-ring (bicyclic) bond motifs is 1. The molecule has 150 valence electrons. The Morgan fingerprint density at radius 1 is 1.11 bits per heavy atom. The maximum Gasteiger partial charge on any atom is 0.243 e. The van der Waals surface area contributed by atoms with Crippen molar-refractivity contribution in [2.75, 3.05) is 18.5 Å². The number of ether oxygens (including phenoxy) is 2. The van der Waals surface area contributed by atoms with Crippen molar-refractivity contribution in [3.8, 4) is 11.5 Å². The fraction of sp³-hybridized carbons (Fsp3) is 0.368. The quantitative estimate of drug-likeness (QED) is 0.763. The Hall–Kier alpha value is -2.65. The van der Waals surface area contributed by atoms with E-state index in [1.807, 2.05) is 0 Å². The molecule has 0 aliphatic carbocycles. The van der Waals surface area contributed by atoms with E-state index >= 15 is 0 Å². The predicted molar refractivity (Wildman–Crippen MR) is 104 cm³/mol. The number of hydrogen-bond acceptors (Lipinski definition) is 6. The van der Waals surface area contributed by atoms with Gasteiger partial charge in [0.1, 0.15) is 11.9 Å². The van der Waals surface area contributed by atoms with E-state index in [4.69, 9.17) is 9.47 Å². The third kappa shape index (κ3) is 4.79. The minimum Gasteiger partial charge on any atom is -0.490 e. The number of aromatic nitrogens is 1. The first-order valence-electron chi connectivity index (χ1n) is 9.01. The highest BCUT2D eigenvalue weighted by Gasteiger charge is 2.29. The normalized spacial score (nSPS) is 15.0. The maximum atomic E-state index is 12.9. The summed E-state index contributed by atoms with van der Waals surface area (Å²) >= 11 is 0. The first-order valence-corrected chi connectivity index (χ1v) is 10.5. The van der Waals surface area contributed by atoms with Crippen LogP contribution in [0.15, 0.2) is 47.5 Å². The monoisotopic (exact) mass is 405 g/mol. The molecular formula is C19H23N3O5S. The third-order valence-corrected chi connectivity index (χ3v) is 5.62. The summed E-state index contributed by atoms with van der Waals surface area (Å²) in [4.78, 5) is 16.7. The van der Waals surface area contributed by atoms with Crippen molar-refractivity contribution in [2.24, 2.45) is 5.92 Å². The number of benzene rings is 1. The van der Waals surface area contributed by atoms with Crippen molar-refractivity contribution >= 4 is 21.7 Å². The number of nitrogens with one attached hydrogen (secondary N) is 2. The van der Waals surface area contributed by atoms with E-state index in [0.717, 1.165) is 6.42 Å². The summed E-state index contributed by atoms with van der Waals surface area (Å²) in [5, 5.41) is 2.63. The molecular weight excluding hydrogens is 382 g/mol. The molecule has 1 amide bonds. The molecule has 1 aliphatic rings. The maximum absolute atomic E-state index is 12.9. The van der Waals surface area contributed by atoms with E-state index in [1.165, 1.54) is 12.1 Å². The summed E-state index contributed by atoms with van der Waals surface area (Å²) < 4.78 is 39.3. The highest BCUT2D eigenvalue weighted by molar-refractivity contribution is 7.89. The summed E-state index contributed by atoms with van der Waals surface area (Å²) in [5.41, 5.74) is 0. The second kappa shape index (κ2) is 8.57. The van der Waals surface area contributed by atoms with Crippen molar-refractivity contribution in [1.82, 2.24) is 9.71 Å². The zero-order valence-electron chi connectivity index (χ0n) is 15.7. The summed E-state index contributed by atoms with van der Waals surface area (Å²) in [5.74, 6) is 0.475. The Morgan fingerprint density at radius 2 is 1.86 bits per heavy atom. The Balaban J connectivity index is 1.80. The molecule has 1 atom stereocenters. The Kier molecular flexibility index (Phi) is 6.15. The van der Waals surface area contributed by atoms with Crippen LogP contribution >= 0.6 is 0 Å². The molecule has 9 heteroatoms. The first-order chi connectivity index (χ1) is 13.4. The highest BCUT2D eigenvalue weighted by atomic mass is 32.2.